The fraction of sp³-hybridized carbons (Fsp3) is 0.0435. The molecule has 3 aromatic rings. The molecule has 0 radical (unpaired) electrons. The molecule has 29 heavy (non-hydrogen) atoms. The van der Waals surface area contributed by atoms with E-state index < -0.39 is 5.97 Å². The number of nitrogens with zero attached hydrogens (tertiary/aromatic N) is 3. The Morgan fingerprint density at radius 3 is 2.21 bits per heavy atom. The topological polar surface area (TPSA) is 84.0 Å². The second-order valence-corrected chi connectivity index (χ2v) is 5.84. The summed E-state index contributed by atoms with van der Waals surface area (Å²) in [6.45, 7) is 3.89. The van der Waals surface area contributed by atoms with Crippen LogP contribution in [0.25, 0.3) is 0 Å². The lowest BCUT2D eigenvalue weighted by Gasteiger charge is -2.09. The minimum Gasteiger partial charge on any atom is -0.489 e. The van der Waals surface area contributed by atoms with Crippen LogP contribution in [-0.4, -0.2) is 12.6 Å². The molecule has 0 unspecified atom stereocenters. The van der Waals surface area contributed by atoms with Crippen molar-refractivity contribution in [2.75, 3.05) is 6.61 Å². The van der Waals surface area contributed by atoms with Gasteiger partial charge in [0.1, 0.15) is 23.7 Å². The summed E-state index contributed by atoms with van der Waals surface area (Å²) in [6.07, 6.45) is 1.60. The Kier molecular flexibility index (Phi) is 6.48. The third-order valence-corrected chi connectivity index (χ3v) is 3.79. The second kappa shape index (κ2) is 9.62. The first-order valence-electron chi connectivity index (χ1n) is 8.76. The summed E-state index contributed by atoms with van der Waals surface area (Å²) in [5.41, 5.74) is 2.13. The SMILES string of the molecule is C=CCOc1ccccc1C(=O)Oc1ccc(N=Nc2ccc(C#N)cc2)cc1. The molecule has 0 bridgehead atoms. The zero-order valence-electron chi connectivity index (χ0n) is 15.5. The van der Waals surface area contributed by atoms with Crippen LogP contribution in [0.3, 0.4) is 0 Å². The van der Waals surface area contributed by atoms with Crippen LogP contribution >= 0.6 is 0 Å². The van der Waals surface area contributed by atoms with E-state index in [9.17, 15) is 4.79 Å². The molecule has 0 atom stereocenters. The summed E-state index contributed by atoms with van der Waals surface area (Å²) >= 11 is 0. The predicted molar refractivity (Wildman–Crippen MR) is 109 cm³/mol. The summed E-state index contributed by atoms with van der Waals surface area (Å²) in [5, 5.41) is 17.0. The van der Waals surface area contributed by atoms with Crippen LogP contribution in [0.4, 0.5) is 11.4 Å². The molecule has 6 nitrogen and oxygen atoms in total. The molecule has 3 rings (SSSR count). The number of rotatable bonds is 7. The lowest BCUT2D eigenvalue weighted by Crippen LogP contribution is -2.10. The van der Waals surface area contributed by atoms with Crippen LogP contribution in [0.1, 0.15) is 15.9 Å². The summed E-state index contributed by atoms with van der Waals surface area (Å²) in [6, 6.07) is 22.3. The maximum Gasteiger partial charge on any atom is 0.347 e. The standard InChI is InChI=1S/C23H17N3O3/c1-2-15-28-22-6-4-3-5-21(22)23(27)29-20-13-11-19(12-14-20)26-25-18-9-7-17(16-24)8-10-18/h2-14H,1,15H2. The number of nitriles is 1. The molecule has 0 amide bonds. The van der Waals surface area contributed by atoms with Crippen LogP contribution < -0.4 is 9.47 Å². The Balaban J connectivity index is 1.66. The number of ether oxygens (including phenoxy) is 2. The van der Waals surface area contributed by atoms with Crippen molar-refractivity contribution in [3.05, 3.63) is 96.6 Å². The summed E-state index contributed by atoms with van der Waals surface area (Å²) in [7, 11) is 0. The molecular formula is C23H17N3O3. The predicted octanol–water partition coefficient (Wildman–Crippen LogP) is 5.76. The molecule has 0 aliphatic rings. The van der Waals surface area contributed by atoms with Gasteiger partial charge < -0.3 is 9.47 Å². The zero-order chi connectivity index (χ0) is 20.5. The Hall–Kier alpha value is -4.24. The van der Waals surface area contributed by atoms with Gasteiger partial charge in [-0.05, 0) is 60.7 Å². The van der Waals surface area contributed by atoms with Gasteiger partial charge in [-0.25, -0.2) is 4.79 Å². The molecule has 142 valence electrons. The average Bonchev–Trinajstić information content (AvgIpc) is 2.77. The zero-order valence-corrected chi connectivity index (χ0v) is 15.5. The number of para-hydroxylation sites is 1. The van der Waals surface area contributed by atoms with Gasteiger partial charge >= 0.3 is 5.97 Å². The molecule has 0 aromatic heterocycles. The number of azo groups is 1. The molecule has 0 saturated carbocycles. The minimum atomic E-state index is -0.517. The van der Waals surface area contributed by atoms with Crippen molar-refractivity contribution in [1.29, 1.82) is 5.26 Å². The lowest BCUT2D eigenvalue weighted by atomic mass is 10.2. The molecule has 0 saturated heterocycles. The van der Waals surface area contributed by atoms with E-state index in [0.29, 0.717) is 40.6 Å². The number of hydrogen-bond acceptors (Lipinski definition) is 6. The number of carbonyl (C=O) groups is 1. The van der Waals surface area contributed by atoms with Gasteiger partial charge in [0, 0.05) is 0 Å². The minimum absolute atomic E-state index is 0.295. The Bertz CT molecular complexity index is 1070. The lowest BCUT2D eigenvalue weighted by molar-refractivity contribution is 0.0730. The Morgan fingerprint density at radius 2 is 1.59 bits per heavy atom. The van der Waals surface area contributed by atoms with Crippen LogP contribution in [0.15, 0.2) is 95.7 Å². The molecule has 0 heterocycles. The van der Waals surface area contributed by atoms with Crippen molar-refractivity contribution in [2.45, 2.75) is 0 Å². The molecular weight excluding hydrogens is 366 g/mol. The van der Waals surface area contributed by atoms with E-state index in [1.54, 1.807) is 78.9 Å². The quantitative estimate of drug-likeness (QED) is 0.225. The maximum absolute atomic E-state index is 12.5. The van der Waals surface area contributed by atoms with Gasteiger partial charge in [-0.1, -0.05) is 24.8 Å². The van der Waals surface area contributed by atoms with Crippen molar-refractivity contribution in [3.63, 3.8) is 0 Å². The van der Waals surface area contributed by atoms with Crippen molar-refractivity contribution in [1.82, 2.24) is 0 Å². The van der Waals surface area contributed by atoms with Gasteiger partial charge in [0.05, 0.1) is 23.0 Å². The fourth-order valence-corrected chi connectivity index (χ4v) is 2.37. The van der Waals surface area contributed by atoms with Gasteiger partial charge in [-0.2, -0.15) is 15.5 Å². The Labute approximate surface area is 168 Å². The third kappa shape index (κ3) is 5.37. The van der Waals surface area contributed by atoms with Crippen LogP contribution in [0.5, 0.6) is 11.5 Å². The highest BCUT2D eigenvalue weighted by molar-refractivity contribution is 5.94. The van der Waals surface area contributed by atoms with Gasteiger partial charge in [0.15, 0.2) is 0 Å². The third-order valence-electron chi connectivity index (χ3n) is 3.79. The van der Waals surface area contributed by atoms with Gasteiger partial charge in [0.2, 0.25) is 0 Å². The summed E-state index contributed by atoms with van der Waals surface area (Å²) in [4.78, 5) is 12.5. The van der Waals surface area contributed by atoms with Crippen molar-refractivity contribution >= 4 is 17.3 Å². The van der Waals surface area contributed by atoms with Gasteiger partial charge in [0.25, 0.3) is 0 Å². The molecule has 0 aliphatic heterocycles. The Morgan fingerprint density at radius 1 is 0.966 bits per heavy atom. The molecule has 6 heteroatoms. The molecule has 0 aliphatic carbocycles. The van der Waals surface area contributed by atoms with E-state index in [0.717, 1.165) is 0 Å². The number of hydrogen-bond donors (Lipinski definition) is 0. The molecule has 3 aromatic carbocycles. The number of carbonyl (C=O) groups excluding carboxylic acids is 1. The van der Waals surface area contributed by atoms with Crippen LogP contribution in [-0.2, 0) is 0 Å². The van der Waals surface area contributed by atoms with E-state index in [2.05, 4.69) is 16.8 Å². The summed E-state index contributed by atoms with van der Waals surface area (Å²) < 4.78 is 10.9. The van der Waals surface area contributed by atoms with Crippen LogP contribution in [0.2, 0.25) is 0 Å². The summed E-state index contributed by atoms with van der Waals surface area (Å²) in [5.74, 6) is 0.299. The molecule has 0 fully saturated rings. The average molecular weight is 383 g/mol. The first-order valence-corrected chi connectivity index (χ1v) is 8.76. The van der Waals surface area contributed by atoms with E-state index >= 15 is 0 Å². The van der Waals surface area contributed by atoms with Gasteiger partial charge in [-0.15, -0.1) is 0 Å². The maximum atomic E-state index is 12.5. The van der Waals surface area contributed by atoms with Crippen molar-refractivity contribution < 1.29 is 14.3 Å². The first-order chi connectivity index (χ1) is 14.2. The van der Waals surface area contributed by atoms with E-state index in [4.69, 9.17) is 14.7 Å². The highest BCUT2D eigenvalue weighted by Gasteiger charge is 2.14. The highest BCUT2D eigenvalue weighted by atomic mass is 16.5. The number of esters is 1. The van der Waals surface area contributed by atoms with E-state index in [1.807, 2.05) is 6.07 Å². The van der Waals surface area contributed by atoms with E-state index in [1.165, 1.54) is 0 Å². The number of benzene rings is 3. The smallest absolute Gasteiger partial charge is 0.347 e. The molecule has 0 N–H and O–H groups in total. The van der Waals surface area contributed by atoms with Crippen molar-refractivity contribution in [2.24, 2.45) is 10.2 Å². The van der Waals surface area contributed by atoms with E-state index in [-0.39, 0.29) is 0 Å². The van der Waals surface area contributed by atoms with Gasteiger partial charge in [-0.3, -0.25) is 0 Å². The molecule has 0 spiro atoms. The van der Waals surface area contributed by atoms with Crippen molar-refractivity contribution in [3.8, 4) is 17.6 Å². The first kappa shape index (κ1) is 19.5. The monoisotopic (exact) mass is 383 g/mol. The van der Waals surface area contributed by atoms with Crippen LogP contribution in [0, 0.1) is 11.3 Å². The second-order valence-electron chi connectivity index (χ2n) is 5.84. The largest absolute Gasteiger partial charge is 0.489 e. The fourth-order valence-electron chi connectivity index (χ4n) is 2.37. The normalized spacial score (nSPS) is 10.3. The highest BCUT2D eigenvalue weighted by Crippen LogP contribution is 2.24.